The predicted molar refractivity (Wildman–Crippen MR) is 140 cm³/mol. The van der Waals surface area contributed by atoms with Crippen LogP contribution < -0.4 is 5.32 Å². The molecular formula is C26H33N3O3S2. The molecule has 2 aliphatic carbocycles. The Morgan fingerprint density at radius 3 is 2.79 bits per heavy atom. The van der Waals surface area contributed by atoms with Gasteiger partial charge in [0.2, 0.25) is 0 Å². The summed E-state index contributed by atoms with van der Waals surface area (Å²) < 4.78 is 0.792. The second kappa shape index (κ2) is 11.9. The summed E-state index contributed by atoms with van der Waals surface area (Å²) in [4.78, 5) is 30.4. The number of aromatic nitrogens is 1. The molecule has 1 aromatic carbocycles. The molecule has 182 valence electrons. The fourth-order valence-electron chi connectivity index (χ4n) is 4.87. The number of thiazole rings is 1. The highest BCUT2D eigenvalue weighted by Crippen LogP contribution is 2.32. The number of carboxylic acids is 1. The number of carboxylic acid groups (broad SMARTS) is 1. The normalized spacial score (nSPS) is 19.4. The molecule has 0 unspecified atom stereocenters. The summed E-state index contributed by atoms with van der Waals surface area (Å²) in [6.45, 7) is 3.03. The van der Waals surface area contributed by atoms with E-state index in [0.717, 1.165) is 68.0 Å². The average molecular weight is 500 g/mol. The van der Waals surface area contributed by atoms with Crippen molar-refractivity contribution >= 4 is 45.8 Å². The monoisotopic (exact) mass is 499 g/mol. The Balaban J connectivity index is 1.32. The van der Waals surface area contributed by atoms with E-state index in [1.54, 1.807) is 6.20 Å². The minimum atomic E-state index is -0.862. The first-order chi connectivity index (χ1) is 16.5. The number of unbranched alkanes of at least 4 members (excludes halogenated alkanes) is 1. The van der Waals surface area contributed by atoms with Crippen LogP contribution >= 0.6 is 23.1 Å². The number of amides is 2. The van der Waals surface area contributed by atoms with Crippen molar-refractivity contribution in [2.24, 2.45) is 5.92 Å². The van der Waals surface area contributed by atoms with Crippen molar-refractivity contribution in [3.63, 3.8) is 0 Å². The molecule has 1 saturated carbocycles. The Bertz CT molecular complexity index is 1030. The van der Waals surface area contributed by atoms with Gasteiger partial charge in [0.1, 0.15) is 0 Å². The summed E-state index contributed by atoms with van der Waals surface area (Å²) in [5.74, 6) is -0.148. The Morgan fingerprint density at radius 1 is 1.21 bits per heavy atom. The number of nitrogens with one attached hydrogen (secondary N) is 1. The smallest absolute Gasteiger partial charge is 0.323 e. The lowest BCUT2D eigenvalue weighted by molar-refractivity contribution is -0.133. The molecule has 0 saturated heterocycles. The van der Waals surface area contributed by atoms with E-state index in [0.29, 0.717) is 5.13 Å². The Kier molecular flexibility index (Phi) is 8.67. The predicted octanol–water partition coefficient (Wildman–Crippen LogP) is 6.54. The molecule has 34 heavy (non-hydrogen) atoms. The largest absolute Gasteiger partial charge is 0.481 e. The van der Waals surface area contributed by atoms with Gasteiger partial charge in [-0.3, -0.25) is 10.1 Å². The van der Waals surface area contributed by atoms with Gasteiger partial charge in [0.15, 0.2) is 5.13 Å². The first-order valence-electron chi connectivity index (χ1n) is 12.1. The molecule has 2 aromatic rings. The Labute approximate surface area is 209 Å². The van der Waals surface area contributed by atoms with Crippen molar-refractivity contribution in [3.05, 3.63) is 47.7 Å². The van der Waals surface area contributed by atoms with Crippen LogP contribution in [0.4, 0.5) is 9.93 Å². The molecule has 2 N–H and O–H groups in total. The third-order valence-electron chi connectivity index (χ3n) is 6.75. The number of anilines is 1. The maximum absolute atomic E-state index is 13.3. The lowest BCUT2D eigenvalue weighted by atomic mass is 9.86. The fraction of sp³-hybridized carbons (Fsp3) is 0.500. The average Bonchev–Trinajstić information content (AvgIpc) is 3.45. The molecule has 0 bridgehead atoms. The van der Waals surface area contributed by atoms with Gasteiger partial charge in [0.05, 0.1) is 16.2 Å². The van der Waals surface area contributed by atoms with Crippen LogP contribution in [-0.2, 0) is 11.2 Å². The zero-order chi connectivity index (χ0) is 23.9. The van der Waals surface area contributed by atoms with Gasteiger partial charge >= 0.3 is 12.0 Å². The van der Waals surface area contributed by atoms with Gasteiger partial charge in [-0.15, -0.1) is 11.8 Å². The van der Waals surface area contributed by atoms with Gasteiger partial charge in [0, 0.05) is 12.6 Å². The highest BCUT2D eigenvalue weighted by molar-refractivity contribution is 8.01. The van der Waals surface area contributed by atoms with E-state index in [2.05, 4.69) is 47.6 Å². The third kappa shape index (κ3) is 6.63. The standard InChI is InChI=1S/C26H33N3O3S2/c1-18-9-13-21(14-10-18)29(26(32)28-25-27-16-24(34-25)33-17-23(30)31)15-5-4-7-20-12-11-19-6-2-3-8-22(19)20/h2-3,6,8,12,16,18,21H,4-5,7,9-11,13-15,17H2,1H3,(H,30,31)(H,27,28,32). The van der Waals surface area contributed by atoms with Crippen LogP contribution in [-0.4, -0.2) is 45.3 Å². The van der Waals surface area contributed by atoms with Crippen molar-refractivity contribution in [3.8, 4) is 0 Å². The first-order valence-corrected chi connectivity index (χ1v) is 13.9. The van der Waals surface area contributed by atoms with E-state index in [1.165, 1.54) is 39.8 Å². The molecule has 1 fully saturated rings. The van der Waals surface area contributed by atoms with Gasteiger partial charge in [-0.25, -0.2) is 9.78 Å². The highest BCUT2D eigenvalue weighted by Gasteiger charge is 2.28. The van der Waals surface area contributed by atoms with Crippen LogP contribution in [0.25, 0.3) is 5.57 Å². The zero-order valence-corrected chi connectivity index (χ0v) is 21.3. The van der Waals surface area contributed by atoms with Crippen molar-refractivity contribution in [1.29, 1.82) is 0 Å². The molecular weight excluding hydrogens is 466 g/mol. The van der Waals surface area contributed by atoms with E-state index < -0.39 is 5.97 Å². The number of carbonyl (C=O) groups is 2. The molecule has 0 aliphatic heterocycles. The van der Waals surface area contributed by atoms with Gasteiger partial charge in [-0.05, 0) is 74.0 Å². The molecule has 0 spiro atoms. The minimum absolute atomic E-state index is 0.0110. The second-order valence-corrected chi connectivity index (χ2v) is 11.6. The van der Waals surface area contributed by atoms with E-state index in [9.17, 15) is 9.59 Å². The molecule has 0 radical (unpaired) electrons. The van der Waals surface area contributed by atoms with Crippen molar-refractivity contribution < 1.29 is 14.7 Å². The van der Waals surface area contributed by atoms with Gasteiger partial charge in [0.25, 0.3) is 0 Å². The van der Waals surface area contributed by atoms with Crippen molar-refractivity contribution in [2.75, 3.05) is 17.6 Å². The van der Waals surface area contributed by atoms with Crippen LogP contribution in [0, 0.1) is 5.92 Å². The van der Waals surface area contributed by atoms with E-state index in [4.69, 9.17) is 5.11 Å². The summed E-state index contributed by atoms with van der Waals surface area (Å²) >= 11 is 2.55. The second-order valence-electron chi connectivity index (χ2n) is 9.25. The van der Waals surface area contributed by atoms with Gasteiger partial charge < -0.3 is 10.0 Å². The van der Waals surface area contributed by atoms with Crippen LogP contribution in [0.15, 0.2) is 40.7 Å². The molecule has 2 amide bonds. The molecule has 6 nitrogen and oxygen atoms in total. The number of hydrogen-bond donors (Lipinski definition) is 2. The molecule has 8 heteroatoms. The number of hydrogen-bond acceptors (Lipinski definition) is 5. The summed E-state index contributed by atoms with van der Waals surface area (Å²) in [5, 5.41) is 12.4. The maximum atomic E-state index is 13.3. The number of carbonyl (C=O) groups excluding carboxylic acids is 1. The Hall–Kier alpha value is -2.32. The lowest BCUT2D eigenvalue weighted by Crippen LogP contribution is -2.45. The molecule has 1 aromatic heterocycles. The summed E-state index contributed by atoms with van der Waals surface area (Å²) in [5.41, 5.74) is 4.24. The van der Waals surface area contributed by atoms with E-state index >= 15 is 0 Å². The number of nitrogens with zero attached hydrogens (tertiary/aromatic N) is 2. The zero-order valence-electron chi connectivity index (χ0n) is 19.7. The molecule has 2 aliphatic rings. The molecule has 1 heterocycles. The first kappa shape index (κ1) is 24.8. The van der Waals surface area contributed by atoms with Gasteiger partial charge in [-0.2, -0.15) is 0 Å². The van der Waals surface area contributed by atoms with Crippen LogP contribution in [0.5, 0.6) is 0 Å². The van der Waals surface area contributed by atoms with Crippen LogP contribution in [0.2, 0.25) is 0 Å². The number of urea groups is 1. The Morgan fingerprint density at radius 2 is 2.00 bits per heavy atom. The van der Waals surface area contributed by atoms with Crippen LogP contribution in [0.3, 0.4) is 0 Å². The van der Waals surface area contributed by atoms with Gasteiger partial charge in [-0.1, -0.05) is 48.6 Å². The highest BCUT2D eigenvalue weighted by atomic mass is 32.2. The van der Waals surface area contributed by atoms with E-state index in [1.807, 2.05) is 4.90 Å². The van der Waals surface area contributed by atoms with E-state index in [-0.39, 0.29) is 17.8 Å². The van der Waals surface area contributed by atoms with Crippen molar-refractivity contribution in [2.45, 2.75) is 68.5 Å². The number of aliphatic carboxylic acids is 1. The number of rotatable bonds is 10. The number of thioether (sulfide) groups is 1. The third-order valence-corrected chi connectivity index (χ3v) is 8.84. The number of fused-ring (bicyclic) bond motifs is 1. The lowest BCUT2D eigenvalue weighted by Gasteiger charge is -2.36. The quantitative estimate of drug-likeness (QED) is 0.286. The summed E-state index contributed by atoms with van der Waals surface area (Å²) in [6, 6.07) is 8.82. The topological polar surface area (TPSA) is 82.5 Å². The molecule has 4 rings (SSSR count). The maximum Gasteiger partial charge on any atom is 0.323 e. The fourth-order valence-corrected chi connectivity index (χ4v) is 6.46. The number of allylic oxidation sites excluding steroid dienone is 2. The number of benzene rings is 1. The SMILES string of the molecule is CC1CCC(N(CCCCC2=CCc3ccccc32)C(=O)Nc2ncc(SCC(=O)O)s2)CC1. The molecule has 0 atom stereocenters. The van der Waals surface area contributed by atoms with Crippen LogP contribution in [0.1, 0.15) is 63.0 Å². The summed E-state index contributed by atoms with van der Waals surface area (Å²) in [7, 11) is 0. The minimum Gasteiger partial charge on any atom is -0.481 e. The van der Waals surface area contributed by atoms with Crippen molar-refractivity contribution in [1.82, 2.24) is 9.88 Å². The summed E-state index contributed by atoms with van der Waals surface area (Å²) in [6.07, 6.45) is 12.5.